The highest BCUT2D eigenvalue weighted by molar-refractivity contribution is 6.31. The largest absolute Gasteiger partial charge is 0.496 e. The summed E-state index contributed by atoms with van der Waals surface area (Å²) in [5, 5.41) is 6.84. The van der Waals surface area contributed by atoms with Crippen molar-refractivity contribution in [2.75, 3.05) is 25.5 Å². The Morgan fingerprint density at radius 2 is 1.92 bits per heavy atom. The smallest absolute Gasteiger partial charge is 0.225 e. The first-order valence-corrected chi connectivity index (χ1v) is 8.37. The topological polar surface area (TPSA) is 50.4 Å². The van der Waals surface area contributed by atoms with Crippen molar-refractivity contribution in [1.29, 1.82) is 0 Å². The fourth-order valence-electron chi connectivity index (χ4n) is 2.42. The molecule has 0 fully saturated rings. The van der Waals surface area contributed by atoms with Crippen molar-refractivity contribution >= 4 is 23.2 Å². The van der Waals surface area contributed by atoms with Crippen LogP contribution in [-0.4, -0.2) is 26.1 Å². The zero-order valence-electron chi connectivity index (χ0n) is 14.1. The molecule has 128 valence electrons. The Morgan fingerprint density at radius 1 is 1.12 bits per heavy atom. The third kappa shape index (κ3) is 5.25. The highest BCUT2D eigenvalue weighted by Gasteiger charge is 2.06. The van der Waals surface area contributed by atoms with Crippen molar-refractivity contribution in [3.05, 3.63) is 58.6 Å². The van der Waals surface area contributed by atoms with Crippen LogP contribution in [0.4, 0.5) is 5.69 Å². The summed E-state index contributed by atoms with van der Waals surface area (Å²) in [6.45, 7) is 3.31. The van der Waals surface area contributed by atoms with Gasteiger partial charge in [-0.25, -0.2) is 0 Å². The number of anilines is 1. The number of nitrogens with one attached hydrogen (secondary N) is 2. The van der Waals surface area contributed by atoms with Crippen LogP contribution in [0, 0.1) is 6.92 Å². The number of methoxy groups -OCH3 is 1. The molecule has 0 saturated heterocycles. The van der Waals surface area contributed by atoms with Gasteiger partial charge in [0, 0.05) is 23.7 Å². The van der Waals surface area contributed by atoms with Crippen LogP contribution in [0.5, 0.6) is 5.75 Å². The highest BCUT2D eigenvalue weighted by Crippen LogP contribution is 2.23. The minimum atomic E-state index is -0.0230. The van der Waals surface area contributed by atoms with E-state index in [0.717, 1.165) is 35.5 Å². The van der Waals surface area contributed by atoms with E-state index in [4.69, 9.17) is 16.3 Å². The number of carbonyl (C=O) groups excluding carboxylic acids is 1. The van der Waals surface area contributed by atoms with Gasteiger partial charge < -0.3 is 15.4 Å². The normalized spacial score (nSPS) is 10.5. The number of halogens is 1. The van der Waals surface area contributed by atoms with Crippen molar-refractivity contribution in [2.45, 2.75) is 19.8 Å². The Bertz CT molecular complexity index is 689. The lowest BCUT2D eigenvalue weighted by Gasteiger charge is -2.10. The fraction of sp³-hybridized carbons (Fsp3) is 0.316. The second-order valence-electron chi connectivity index (χ2n) is 5.52. The van der Waals surface area contributed by atoms with Gasteiger partial charge in [0.25, 0.3) is 0 Å². The molecular weight excluding hydrogens is 324 g/mol. The minimum absolute atomic E-state index is 0.0230. The second kappa shape index (κ2) is 9.30. The van der Waals surface area contributed by atoms with Crippen LogP contribution in [0.1, 0.15) is 17.5 Å². The Kier molecular flexibility index (Phi) is 7.09. The van der Waals surface area contributed by atoms with Crippen molar-refractivity contribution < 1.29 is 9.53 Å². The van der Waals surface area contributed by atoms with Gasteiger partial charge >= 0.3 is 0 Å². The first kappa shape index (κ1) is 18.3. The van der Waals surface area contributed by atoms with Gasteiger partial charge in [-0.3, -0.25) is 4.79 Å². The first-order chi connectivity index (χ1) is 11.6. The molecule has 0 aliphatic rings. The van der Waals surface area contributed by atoms with Crippen molar-refractivity contribution in [2.24, 2.45) is 0 Å². The van der Waals surface area contributed by atoms with Gasteiger partial charge in [0.1, 0.15) is 5.75 Å². The number of hydrogen-bond acceptors (Lipinski definition) is 3. The van der Waals surface area contributed by atoms with E-state index in [0.29, 0.717) is 18.0 Å². The fourth-order valence-corrected chi connectivity index (χ4v) is 2.59. The molecule has 2 N–H and O–H groups in total. The molecule has 0 atom stereocenters. The summed E-state index contributed by atoms with van der Waals surface area (Å²) < 4.78 is 5.33. The summed E-state index contributed by atoms with van der Waals surface area (Å²) in [6.07, 6.45) is 1.27. The molecule has 2 aromatic rings. The third-order valence-electron chi connectivity index (χ3n) is 3.83. The highest BCUT2D eigenvalue weighted by atomic mass is 35.5. The molecule has 2 aromatic carbocycles. The maximum atomic E-state index is 12.0. The lowest BCUT2D eigenvalue weighted by atomic mass is 10.1. The molecule has 0 saturated carbocycles. The van der Waals surface area contributed by atoms with Gasteiger partial charge in [0.2, 0.25) is 5.91 Å². The lowest BCUT2D eigenvalue weighted by molar-refractivity contribution is -0.116. The summed E-state index contributed by atoms with van der Waals surface area (Å²) in [4.78, 5) is 12.0. The van der Waals surface area contributed by atoms with Gasteiger partial charge in [-0.05, 0) is 49.2 Å². The molecule has 5 heteroatoms. The summed E-state index contributed by atoms with van der Waals surface area (Å²) >= 11 is 6.05. The predicted octanol–water partition coefficient (Wildman–Crippen LogP) is 3.82. The molecule has 0 unspecified atom stereocenters. The van der Waals surface area contributed by atoms with E-state index in [1.54, 1.807) is 7.11 Å². The maximum Gasteiger partial charge on any atom is 0.225 e. The zero-order valence-corrected chi connectivity index (χ0v) is 14.8. The summed E-state index contributed by atoms with van der Waals surface area (Å²) in [6, 6.07) is 13.5. The number of amides is 1. The Hall–Kier alpha value is -2.04. The maximum absolute atomic E-state index is 12.0. The number of hydrogen-bond donors (Lipinski definition) is 2. The summed E-state index contributed by atoms with van der Waals surface area (Å²) in [5.41, 5.74) is 2.81. The number of para-hydroxylation sites is 1. The van der Waals surface area contributed by atoms with Crippen LogP contribution < -0.4 is 15.4 Å². The quantitative estimate of drug-likeness (QED) is 0.714. The number of ether oxygens (including phenoxy) is 1. The SMILES string of the molecule is COc1ccccc1CCNCCC(=O)Nc1cccc(Cl)c1C. The molecule has 0 aromatic heterocycles. The van der Waals surface area contributed by atoms with Crippen LogP contribution in [-0.2, 0) is 11.2 Å². The van der Waals surface area contributed by atoms with Crippen molar-refractivity contribution in [3.63, 3.8) is 0 Å². The number of carbonyl (C=O) groups is 1. The van der Waals surface area contributed by atoms with E-state index in [1.807, 2.05) is 43.3 Å². The second-order valence-corrected chi connectivity index (χ2v) is 5.93. The van der Waals surface area contributed by atoms with E-state index < -0.39 is 0 Å². The summed E-state index contributed by atoms with van der Waals surface area (Å²) in [7, 11) is 1.68. The molecule has 0 aliphatic heterocycles. The van der Waals surface area contributed by atoms with Gasteiger partial charge in [-0.15, -0.1) is 0 Å². The van der Waals surface area contributed by atoms with Crippen molar-refractivity contribution in [1.82, 2.24) is 5.32 Å². The molecule has 24 heavy (non-hydrogen) atoms. The van der Waals surface area contributed by atoms with Gasteiger partial charge in [-0.1, -0.05) is 35.9 Å². The molecule has 1 amide bonds. The van der Waals surface area contributed by atoms with Crippen LogP contribution in [0.25, 0.3) is 0 Å². The molecule has 0 aliphatic carbocycles. The van der Waals surface area contributed by atoms with E-state index in [9.17, 15) is 4.79 Å². The predicted molar refractivity (Wildman–Crippen MR) is 99.0 cm³/mol. The molecular formula is C19H23ClN2O2. The van der Waals surface area contributed by atoms with Crippen molar-refractivity contribution in [3.8, 4) is 5.75 Å². The van der Waals surface area contributed by atoms with E-state index in [1.165, 1.54) is 0 Å². The molecule has 2 rings (SSSR count). The van der Waals surface area contributed by atoms with Crippen LogP contribution in [0.3, 0.4) is 0 Å². The van der Waals surface area contributed by atoms with Gasteiger partial charge in [0.05, 0.1) is 7.11 Å². The molecule has 0 radical (unpaired) electrons. The average molecular weight is 347 g/mol. The van der Waals surface area contributed by atoms with E-state index >= 15 is 0 Å². The monoisotopic (exact) mass is 346 g/mol. The zero-order chi connectivity index (χ0) is 17.4. The third-order valence-corrected chi connectivity index (χ3v) is 4.24. The minimum Gasteiger partial charge on any atom is -0.496 e. The Balaban J connectivity index is 1.70. The Labute approximate surface area is 148 Å². The standard InChI is InChI=1S/C19H23ClN2O2/c1-14-16(20)7-5-8-17(14)22-19(23)11-13-21-12-10-15-6-3-4-9-18(15)24-2/h3-9,21H,10-13H2,1-2H3,(H,22,23). The lowest BCUT2D eigenvalue weighted by Crippen LogP contribution is -2.24. The van der Waals surface area contributed by atoms with Crippen LogP contribution >= 0.6 is 11.6 Å². The van der Waals surface area contributed by atoms with E-state index in [-0.39, 0.29) is 5.91 Å². The summed E-state index contributed by atoms with van der Waals surface area (Å²) in [5.74, 6) is 0.874. The van der Waals surface area contributed by atoms with Crippen LogP contribution in [0.15, 0.2) is 42.5 Å². The van der Waals surface area contributed by atoms with Crippen LogP contribution in [0.2, 0.25) is 5.02 Å². The van der Waals surface area contributed by atoms with E-state index in [2.05, 4.69) is 16.7 Å². The molecule has 4 nitrogen and oxygen atoms in total. The molecule has 0 spiro atoms. The number of benzene rings is 2. The first-order valence-electron chi connectivity index (χ1n) is 7.99. The Morgan fingerprint density at radius 3 is 2.71 bits per heavy atom. The average Bonchev–Trinajstić information content (AvgIpc) is 2.59. The number of rotatable bonds is 8. The molecule has 0 bridgehead atoms. The molecule has 0 heterocycles. The van der Waals surface area contributed by atoms with Gasteiger partial charge in [0.15, 0.2) is 0 Å². The van der Waals surface area contributed by atoms with Gasteiger partial charge in [-0.2, -0.15) is 0 Å².